The van der Waals surface area contributed by atoms with E-state index in [1.54, 1.807) is 9.80 Å². The van der Waals surface area contributed by atoms with Crippen LogP contribution in [-0.2, 0) is 9.53 Å². The second-order valence-corrected chi connectivity index (χ2v) is 6.29. The predicted octanol–water partition coefficient (Wildman–Crippen LogP) is 1.10. The fourth-order valence-corrected chi connectivity index (χ4v) is 3.07. The van der Waals surface area contributed by atoms with Crippen molar-refractivity contribution in [2.24, 2.45) is 0 Å². The summed E-state index contributed by atoms with van der Waals surface area (Å²) in [5.41, 5.74) is 0. The molecule has 7 nitrogen and oxygen atoms in total. The molecule has 3 amide bonds. The molecule has 0 spiro atoms. The number of nitrogens with one attached hydrogen (secondary N) is 1. The van der Waals surface area contributed by atoms with Gasteiger partial charge in [0.25, 0.3) is 0 Å². The van der Waals surface area contributed by atoms with E-state index in [1.165, 1.54) is 0 Å². The smallest absolute Gasteiger partial charge is 0.317 e. The molecule has 0 bridgehead atoms. The number of hydrogen-bond donors (Lipinski definition) is 1. The maximum Gasteiger partial charge on any atom is 0.317 e. The van der Waals surface area contributed by atoms with Crippen LogP contribution in [0.15, 0.2) is 30.3 Å². The van der Waals surface area contributed by atoms with E-state index >= 15 is 0 Å². The van der Waals surface area contributed by atoms with Gasteiger partial charge in [-0.3, -0.25) is 4.79 Å². The standard InChI is InChI=1S/C18H25N3O4/c22-17(14-21-9-8-19-18(21)23)20(13-16-7-4-11-24-16)10-12-25-15-5-2-1-3-6-15/h1-3,5-6,16H,4,7-14H2,(H,19,23)/t16-/m0/s1. The molecule has 136 valence electrons. The van der Waals surface area contributed by atoms with Crippen LogP contribution in [0.3, 0.4) is 0 Å². The number of carbonyl (C=O) groups excluding carboxylic acids is 2. The summed E-state index contributed by atoms with van der Waals surface area (Å²) in [6, 6.07) is 9.36. The third-order valence-electron chi connectivity index (χ3n) is 4.45. The molecular formula is C18H25N3O4. The zero-order valence-electron chi connectivity index (χ0n) is 14.4. The molecule has 3 rings (SSSR count). The molecule has 0 aliphatic carbocycles. The molecular weight excluding hydrogens is 322 g/mol. The third kappa shape index (κ3) is 5.09. The summed E-state index contributed by atoms with van der Waals surface area (Å²) in [6.07, 6.45) is 2.07. The Kier molecular flexibility index (Phi) is 6.11. The number of hydrogen-bond acceptors (Lipinski definition) is 4. The Bertz CT molecular complexity index is 575. The number of urea groups is 1. The fourth-order valence-electron chi connectivity index (χ4n) is 3.07. The first-order valence-electron chi connectivity index (χ1n) is 8.82. The van der Waals surface area contributed by atoms with E-state index < -0.39 is 0 Å². The van der Waals surface area contributed by atoms with E-state index in [0.29, 0.717) is 32.8 Å². The monoisotopic (exact) mass is 347 g/mol. The van der Waals surface area contributed by atoms with Gasteiger partial charge in [-0.15, -0.1) is 0 Å². The highest BCUT2D eigenvalue weighted by atomic mass is 16.5. The lowest BCUT2D eigenvalue weighted by Gasteiger charge is -2.27. The zero-order chi connectivity index (χ0) is 17.5. The Balaban J connectivity index is 1.53. The van der Waals surface area contributed by atoms with Crippen LogP contribution >= 0.6 is 0 Å². The van der Waals surface area contributed by atoms with Crippen molar-refractivity contribution in [3.63, 3.8) is 0 Å². The maximum atomic E-state index is 12.7. The second-order valence-electron chi connectivity index (χ2n) is 6.29. The molecule has 0 unspecified atom stereocenters. The number of para-hydroxylation sites is 1. The van der Waals surface area contributed by atoms with E-state index in [0.717, 1.165) is 25.2 Å². The van der Waals surface area contributed by atoms with Gasteiger partial charge in [-0.2, -0.15) is 0 Å². The van der Waals surface area contributed by atoms with Crippen LogP contribution in [0, 0.1) is 0 Å². The lowest BCUT2D eigenvalue weighted by molar-refractivity contribution is -0.133. The van der Waals surface area contributed by atoms with Crippen molar-refractivity contribution in [1.82, 2.24) is 15.1 Å². The normalized spacial score (nSPS) is 19.8. The first-order valence-corrected chi connectivity index (χ1v) is 8.82. The Morgan fingerprint density at radius 1 is 1.36 bits per heavy atom. The first kappa shape index (κ1) is 17.5. The van der Waals surface area contributed by atoms with Gasteiger partial charge in [0, 0.05) is 26.2 Å². The number of benzene rings is 1. The van der Waals surface area contributed by atoms with E-state index in [1.807, 2.05) is 30.3 Å². The number of amides is 3. The molecule has 0 aromatic heterocycles. The van der Waals surface area contributed by atoms with Crippen molar-refractivity contribution in [3.05, 3.63) is 30.3 Å². The molecule has 1 N–H and O–H groups in total. The molecule has 25 heavy (non-hydrogen) atoms. The number of carbonyl (C=O) groups is 2. The molecule has 2 heterocycles. The van der Waals surface area contributed by atoms with E-state index in [2.05, 4.69) is 5.32 Å². The predicted molar refractivity (Wildman–Crippen MR) is 92.5 cm³/mol. The molecule has 1 aromatic carbocycles. The quantitative estimate of drug-likeness (QED) is 0.764. The minimum atomic E-state index is -0.175. The third-order valence-corrected chi connectivity index (χ3v) is 4.45. The summed E-state index contributed by atoms with van der Waals surface area (Å²) in [5, 5.41) is 2.72. The molecule has 2 saturated heterocycles. The van der Waals surface area contributed by atoms with Crippen LogP contribution in [0.4, 0.5) is 4.79 Å². The summed E-state index contributed by atoms with van der Waals surface area (Å²) in [5.74, 6) is 0.718. The molecule has 0 radical (unpaired) electrons. The Labute approximate surface area is 147 Å². The van der Waals surface area contributed by atoms with Gasteiger partial charge >= 0.3 is 6.03 Å². The summed E-state index contributed by atoms with van der Waals surface area (Å²) >= 11 is 0. The number of nitrogens with zero attached hydrogens (tertiary/aromatic N) is 2. The van der Waals surface area contributed by atoms with Gasteiger partial charge in [-0.05, 0) is 25.0 Å². The van der Waals surface area contributed by atoms with E-state index in [4.69, 9.17) is 9.47 Å². The molecule has 1 aromatic rings. The number of rotatable bonds is 8. The molecule has 2 fully saturated rings. The molecule has 1 atom stereocenters. The Morgan fingerprint density at radius 2 is 2.20 bits per heavy atom. The average Bonchev–Trinajstić information content (AvgIpc) is 3.27. The minimum absolute atomic E-state index is 0.0655. The van der Waals surface area contributed by atoms with Gasteiger partial charge in [0.05, 0.1) is 12.6 Å². The van der Waals surface area contributed by atoms with Crippen molar-refractivity contribution in [2.45, 2.75) is 18.9 Å². The molecule has 2 aliphatic rings. The number of ether oxygens (including phenoxy) is 2. The van der Waals surface area contributed by atoms with Crippen LogP contribution in [0.25, 0.3) is 0 Å². The molecule has 0 saturated carbocycles. The lowest BCUT2D eigenvalue weighted by Crippen LogP contribution is -2.45. The van der Waals surface area contributed by atoms with Crippen LogP contribution < -0.4 is 10.1 Å². The Morgan fingerprint density at radius 3 is 2.88 bits per heavy atom. The van der Waals surface area contributed by atoms with Crippen molar-refractivity contribution >= 4 is 11.9 Å². The van der Waals surface area contributed by atoms with Gasteiger partial charge in [0.15, 0.2) is 0 Å². The highest BCUT2D eigenvalue weighted by Gasteiger charge is 2.27. The first-order chi connectivity index (χ1) is 12.2. The average molecular weight is 347 g/mol. The zero-order valence-corrected chi connectivity index (χ0v) is 14.4. The van der Waals surface area contributed by atoms with Crippen molar-refractivity contribution in [1.29, 1.82) is 0 Å². The summed E-state index contributed by atoms with van der Waals surface area (Å²) in [4.78, 5) is 27.6. The largest absolute Gasteiger partial charge is 0.492 e. The lowest BCUT2D eigenvalue weighted by atomic mass is 10.2. The fraction of sp³-hybridized carbons (Fsp3) is 0.556. The van der Waals surface area contributed by atoms with Crippen LogP contribution in [-0.4, -0.2) is 73.8 Å². The maximum absolute atomic E-state index is 12.7. The summed E-state index contributed by atoms with van der Waals surface area (Å²) in [7, 11) is 0. The van der Waals surface area contributed by atoms with Gasteiger partial charge in [0.1, 0.15) is 18.9 Å². The Hall–Kier alpha value is -2.28. The minimum Gasteiger partial charge on any atom is -0.492 e. The van der Waals surface area contributed by atoms with Gasteiger partial charge < -0.3 is 24.6 Å². The highest BCUT2D eigenvalue weighted by Crippen LogP contribution is 2.14. The highest BCUT2D eigenvalue weighted by molar-refractivity contribution is 5.85. The van der Waals surface area contributed by atoms with Gasteiger partial charge in [0.2, 0.25) is 5.91 Å². The summed E-state index contributed by atoms with van der Waals surface area (Å²) in [6.45, 7) is 3.45. The summed E-state index contributed by atoms with van der Waals surface area (Å²) < 4.78 is 11.4. The second kappa shape index (κ2) is 8.71. The molecule has 7 heteroatoms. The van der Waals surface area contributed by atoms with E-state index in [9.17, 15) is 9.59 Å². The topological polar surface area (TPSA) is 71.1 Å². The van der Waals surface area contributed by atoms with Crippen LogP contribution in [0.1, 0.15) is 12.8 Å². The van der Waals surface area contributed by atoms with Crippen LogP contribution in [0.5, 0.6) is 5.75 Å². The van der Waals surface area contributed by atoms with Gasteiger partial charge in [-0.25, -0.2) is 4.79 Å². The van der Waals surface area contributed by atoms with Crippen molar-refractivity contribution in [3.8, 4) is 5.75 Å². The van der Waals surface area contributed by atoms with Crippen molar-refractivity contribution < 1.29 is 19.1 Å². The SMILES string of the molecule is O=C(CN1CCNC1=O)N(CCOc1ccccc1)C[C@@H]1CCCO1. The van der Waals surface area contributed by atoms with Crippen molar-refractivity contribution in [2.75, 3.05) is 45.9 Å². The van der Waals surface area contributed by atoms with Gasteiger partial charge in [-0.1, -0.05) is 18.2 Å². The molecule has 2 aliphatic heterocycles. The van der Waals surface area contributed by atoms with E-state index in [-0.39, 0.29) is 24.6 Å². The van der Waals surface area contributed by atoms with Crippen LogP contribution in [0.2, 0.25) is 0 Å².